The third-order valence-corrected chi connectivity index (χ3v) is 2.64. The molecule has 0 aliphatic rings. The van der Waals surface area contributed by atoms with Crippen molar-refractivity contribution in [3.05, 3.63) is 15.0 Å². The number of hydrogen-bond acceptors (Lipinski definition) is 3. The lowest BCUT2D eigenvalue weighted by atomic mass is 10.2. The maximum atomic E-state index is 12.9. The Labute approximate surface area is 80.4 Å². The van der Waals surface area contributed by atoms with Crippen molar-refractivity contribution in [3.63, 3.8) is 0 Å². The zero-order valence-electron chi connectivity index (χ0n) is 5.93. The SMILES string of the molecule is OCCC(F)(F)c1csc(Br)n1. The number of alkyl halides is 2. The predicted octanol–water partition coefficient (Wildman–Crippen LogP) is 2.38. The summed E-state index contributed by atoms with van der Waals surface area (Å²) < 4.78 is 26.3. The molecule has 12 heavy (non-hydrogen) atoms. The minimum absolute atomic E-state index is 0.284. The van der Waals surface area contributed by atoms with Gasteiger partial charge < -0.3 is 5.11 Å². The van der Waals surface area contributed by atoms with E-state index >= 15 is 0 Å². The maximum absolute atomic E-state index is 12.9. The first kappa shape index (κ1) is 10.0. The molecular weight excluding hydrogens is 252 g/mol. The summed E-state index contributed by atoms with van der Waals surface area (Å²) in [7, 11) is 0. The van der Waals surface area contributed by atoms with Crippen LogP contribution in [0.15, 0.2) is 9.30 Å². The van der Waals surface area contributed by atoms with Gasteiger partial charge in [0.05, 0.1) is 0 Å². The van der Waals surface area contributed by atoms with E-state index < -0.39 is 19.0 Å². The molecule has 1 heterocycles. The molecule has 6 heteroatoms. The van der Waals surface area contributed by atoms with E-state index in [0.717, 1.165) is 11.3 Å². The third-order valence-electron chi connectivity index (χ3n) is 1.28. The van der Waals surface area contributed by atoms with Gasteiger partial charge in [-0.2, -0.15) is 8.78 Å². The summed E-state index contributed by atoms with van der Waals surface area (Å²) in [6.45, 7) is -0.540. The number of thiazole rings is 1. The minimum atomic E-state index is -3.02. The minimum Gasteiger partial charge on any atom is -0.396 e. The molecule has 1 aromatic heterocycles. The van der Waals surface area contributed by atoms with Gasteiger partial charge in [0.25, 0.3) is 5.92 Å². The molecule has 0 radical (unpaired) electrons. The van der Waals surface area contributed by atoms with E-state index in [2.05, 4.69) is 20.9 Å². The van der Waals surface area contributed by atoms with Crippen LogP contribution in [0.3, 0.4) is 0 Å². The molecule has 0 aliphatic heterocycles. The van der Waals surface area contributed by atoms with Crippen molar-refractivity contribution in [2.75, 3.05) is 6.61 Å². The van der Waals surface area contributed by atoms with Crippen LogP contribution in [0.2, 0.25) is 0 Å². The van der Waals surface area contributed by atoms with Crippen molar-refractivity contribution in [3.8, 4) is 0 Å². The van der Waals surface area contributed by atoms with E-state index in [1.165, 1.54) is 5.38 Å². The predicted molar refractivity (Wildman–Crippen MR) is 45.4 cm³/mol. The Bertz CT molecular complexity index is 266. The van der Waals surface area contributed by atoms with Crippen LogP contribution in [0.5, 0.6) is 0 Å². The van der Waals surface area contributed by atoms with Gasteiger partial charge in [0.1, 0.15) is 5.69 Å². The lowest BCUT2D eigenvalue weighted by molar-refractivity contribution is -0.0305. The molecule has 0 amide bonds. The molecule has 0 fully saturated rings. The summed E-state index contributed by atoms with van der Waals surface area (Å²) in [5.74, 6) is -3.02. The van der Waals surface area contributed by atoms with E-state index in [-0.39, 0.29) is 5.69 Å². The van der Waals surface area contributed by atoms with Crippen molar-refractivity contribution in [1.29, 1.82) is 0 Å². The Hall–Kier alpha value is -0.0700. The molecule has 1 rings (SSSR count). The van der Waals surface area contributed by atoms with E-state index in [0.29, 0.717) is 3.92 Å². The van der Waals surface area contributed by atoms with Gasteiger partial charge in [0.2, 0.25) is 0 Å². The fraction of sp³-hybridized carbons (Fsp3) is 0.500. The highest BCUT2D eigenvalue weighted by molar-refractivity contribution is 9.11. The van der Waals surface area contributed by atoms with Gasteiger partial charge in [-0.3, -0.25) is 0 Å². The molecular formula is C6H6BrF2NOS. The Morgan fingerprint density at radius 2 is 2.33 bits per heavy atom. The molecule has 1 aromatic rings. The summed E-state index contributed by atoms with van der Waals surface area (Å²) >= 11 is 4.09. The van der Waals surface area contributed by atoms with Crippen LogP contribution in [-0.4, -0.2) is 16.7 Å². The van der Waals surface area contributed by atoms with Gasteiger partial charge in [0.15, 0.2) is 3.92 Å². The largest absolute Gasteiger partial charge is 0.396 e. The fourth-order valence-electron chi connectivity index (χ4n) is 0.688. The first-order valence-corrected chi connectivity index (χ1v) is 4.84. The Morgan fingerprint density at radius 1 is 1.67 bits per heavy atom. The van der Waals surface area contributed by atoms with Crippen LogP contribution in [-0.2, 0) is 5.92 Å². The lowest BCUT2D eigenvalue weighted by Crippen LogP contribution is -2.15. The first-order chi connectivity index (χ1) is 5.56. The highest BCUT2D eigenvalue weighted by Crippen LogP contribution is 2.33. The summed E-state index contributed by atoms with van der Waals surface area (Å²) in [6.07, 6.45) is -0.580. The number of aromatic nitrogens is 1. The molecule has 0 aromatic carbocycles. The Morgan fingerprint density at radius 3 is 2.75 bits per heavy atom. The number of hydrogen-bond donors (Lipinski definition) is 1. The molecule has 1 N–H and O–H groups in total. The molecule has 0 aliphatic carbocycles. The summed E-state index contributed by atoms with van der Waals surface area (Å²) in [6, 6.07) is 0. The zero-order valence-corrected chi connectivity index (χ0v) is 8.33. The van der Waals surface area contributed by atoms with Gasteiger partial charge in [-0.1, -0.05) is 0 Å². The molecule has 0 bridgehead atoms. The smallest absolute Gasteiger partial charge is 0.292 e. The van der Waals surface area contributed by atoms with E-state index in [1.807, 2.05) is 0 Å². The number of aliphatic hydroxyl groups is 1. The van der Waals surface area contributed by atoms with Crippen LogP contribution in [0, 0.1) is 0 Å². The van der Waals surface area contributed by atoms with Crippen LogP contribution < -0.4 is 0 Å². The molecule has 0 spiro atoms. The van der Waals surface area contributed by atoms with Gasteiger partial charge in [-0.15, -0.1) is 11.3 Å². The second-order valence-electron chi connectivity index (χ2n) is 2.16. The second kappa shape index (κ2) is 3.76. The Balaban J connectivity index is 2.81. The maximum Gasteiger partial charge on any atom is 0.292 e. The normalized spacial score (nSPS) is 12.0. The second-order valence-corrected chi connectivity index (χ2v) is 4.30. The van der Waals surface area contributed by atoms with Crippen LogP contribution in [0.25, 0.3) is 0 Å². The monoisotopic (exact) mass is 257 g/mol. The first-order valence-electron chi connectivity index (χ1n) is 3.16. The highest BCUT2D eigenvalue weighted by Gasteiger charge is 2.33. The zero-order chi connectivity index (χ0) is 9.19. The number of aliphatic hydroxyl groups excluding tert-OH is 1. The van der Waals surface area contributed by atoms with Crippen LogP contribution in [0.1, 0.15) is 12.1 Å². The summed E-state index contributed by atoms with van der Waals surface area (Å²) in [4.78, 5) is 3.58. The molecule has 0 atom stereocenters. The van der Waals surface area contributed by atoms with E-state index in [4.69, 9.17) is 5.11 Å². The lowest BCUT2D eigenvalue weighted by Gasteiger charge is -2.10. The van der Waals surface area contributed by atoms with Crippen molar-refractivity contribution in [1.82, 2.24) is 4.98 Å². The van der Waals surface area contributed by atoms with Crippen LogP contribution >= 0.6 is 27.3 Å². The molecule has 0 saturated heterocycles. The van der Waals surface area contributed by atoms with Gasteiger partial charge in [-0.05, 0) is 15.9 Å². The van der Waals surface area contributed by atoms with Gasteiger partial charge >= 0.3 is 0 Å². The average Bonchev–Trinajstić information content (AvgIpc) is 2.36. The standard InChI is InChI=1S/C6H6BrF2NOS/c7-5-10-4(3-12-5)6(8,9)1-2-11/h3,11H,1-2H2. The average molecular weight is 258 g/mol. The van der Waals surface area contributed by atoms with Crippen LogP contribution in [0.4, 0.5) is 8.78 Å². The van der Waals surface area contributed by atoms with Crippen molar-refractivity contribution in [2.45, 2.75) is 12.3 Å². The van der Waals surface area contributed by atoms with Gasteiger partial charge in [0, 0.05) is 18.4 Å². The topological polar surface area (TPSA) is 33.1 Å². The van der Waals surface area contributed by atoms with Crippen molar-refractivity contribution < 1.29 is 13.9 Å². The molecule has 68 valence electrons. The number of rotatable bonds is 3. The quantitative estimate of drug-likeness (QED) is 0.902. The van der Waals surface area contributed by atoms with E-state index in [9.17, 15) is 8.78 Å². The van der Waals surface area contributed by atoms with Crippen molar-refractivity contribution >= 4 is 27.3 Å². The van der Waals surface area contributed by atoms with Gasteiger partial charge in [-0.25, -0.2) is 4.98 Å². The molecule has 0 saturated carbocycles. The highest BCUT2D eigenvalue weighted by atomic mass is 79.9. The summed E-state index contributed by atoms with van der Waals surface area (Å²) in [5, 5.41) is 9.63. The number of nitrogens with zero attached hydrogens (tertiary/aromatic N) is 1. The fourth-order valence-corrected chi connectivity index (χ4v) is 1.74. The third kappa shape index (κ3) is 2.21. The molecule has 2 nitrogen and oxygen atoms in total. The van der Waals surface area contributed by atoms with Crippen molar-refractivity contribution in [2.24, 2.45) is 0 Å². The number of halogens is 3. The summed E-state index contributed by atoms with van der Waals surface area (Å²) in [5.41, 5.74) is -0.284. The Kier molecular flexibility index (Phi) is 3.14. The van der Waals surface area contributed by atoms with E-state index in [1.54, 1.807) is 0 Å². The molecule has 0 unspecified atom stereocenters.